The van der Waals surface area contributed by atoms with Gasteiger partial charge in [-0.15, -0.1) is 5.10 Å². The van der Waals surface area contributed by atoms with Crippen LogP contribution in [0.2, 0.25) is 5.02 Å². The Morgan fingerprint density at radius 1 is 1.14 bits per heavy atom. The highest BCUT2D eigenvalue weighted by atomic mass is 35.5. The van der Waals surface area contributed by atoms with Gasteiger partial charge in [0.05, 0.1) is 23.6 Å². The number of nitrogens with two attached hydrogens (primary N) is 1. The Bertz CT molecular complexity index is 752. The van der Waals surface area contributed by atoms with Crippen LogP contribution in [0.3, 0.4) is 0 Å². The van der Waals surface area contributed by atoms with E-state index in [1.54, 1.807) is 10.9 Å². The zero-order chi connectivity index (χ0) is 14.8. The Kier molecular flexibility index (Phi) is 3.73. The number of halogens is 1. The minimum absolute atomic E-state index is 0.381. The molecule has 0 spiro atoms. The Morgan fingerprint density at radius 2 is 1.90 bits per heavy atom. The lowest BCUT2D eigenvalue weighted by Crippen LogP contribution is -2.17. The average Bonchev–Trinajstić information content (AvgIpc) is 2.97. The lowest BCUT2D eigenvalue weighted by atomic mass is 10.0. The van der Waals surface area contributed by atoms with Crippen LogP contribution < -0.4 is 5.73 Å². The van der Waals surface area contributed by atoms with Crippen LogP contribution in [0.25, 0.3) is 5.69 Å². The van der Waals surface area contributed by atoms with Gasteiger partial charge in [-0.05, 0) is 36.2 Å². The van der Waals surface area contributed by atoms with E-state index >= 15 is 0 Å². The summed E-state index contributed by atoms with van der Waals surface area (Å²) in [6.07, 6.45) is 1.67. The smallest absolute Gasteiger partial charge is 0.0858 e. The van der Waals surface area contributed by atoms with Crippen LogP contribution in [-0.2, 0) is 0 Å². The third-order valence-corrected chi connectivity index (χ3v) is 3.71. The maximum Gasteiger partial charge on any atom is 0.0858 e. The Hall–Kier alpha value is -2.17. The van der Waals surface area contributed by atoms with Gasteiger partial charge in [0, 0.05) is 5.02 Å². The standard InChI is InChI=1S/C16H15ClN4/c1-11-7-8-13(14(17)9-11)16(18)15-10-19-20-21(15)12-5-3-2-4-6-12/h2-10,16H,18H2,1H3. The first kappa shape index (κ1) is 13.8. The van der Waals surface area contributed by atoms with Gasteiger partial charge >= 0.3 is 0 Å². The molecule has 4 nitrogen and oxygen atoms in total. The van der Waals surface area contributed by atoms with Crippen LogP contribution >= 0.6 is 11.6 Å². The molecule has 1 unspecified atom stereocenters. The van der Waals surface area contributed by atoms with Crippen molar-refractivity contribution in [3.8, 4) is 5.69 Å². The molecule has 2 aromatic carbocycles. The SMILES string of the molecule is Cc1ccc(C(N)c2cnnn2-c2ccccc2)c(Cl)c1. The first-order chi connectivity index (χ1) is 10.2. The Balaban J connectivity index is 2.03. The van der Waals surface area contributed by atoms with Crippen LogP contribution in [0.15, 0.2) is 54.7 Å². The minimum atomic E-state index is -0.381. The van der Waals surface area contributed by atoms with Gasteiger partial charge in [-0.3, -0.25) is 0 Å². The molecule has 5 heteroatoms. The van der Waals surface area contributed by atoms with Gasteiger partial charge in [0.15, 0.2) is 0 Å². The van der Waals surface area contributed by atoms with Gasteiger partial charge < -0.3 is 5.73 Å². The van der Waals surface area contributed by atoms with E-state index in [9.17, 15) is 0 Å². The van der Waals surface area contributed by atoms with E-state index in [1.807, 2.05) is 55.5 Å². The predicted octanol–water partition coefficient (Wildman–Crippen LogP) is 3.28. The molecule has 3 aromatic rings. The van der Waals surface area contributed by atoms with Gasteiger partial charge in [-0.1, -0.05) is 47.1 Å². The monoisotopic (exact) mass is 298 g/mol. The van der Waals surface area contributed by atoms with Gasteiger partial charge in [0.1, 0.15) is 0 Å². The first-order valence-electron chi connectivity index (χ1n) is 6.64. The molecular weight excluding hydrogens is 284 g/mol. The largest absolute Gasteiger partial charge is 0.319 e. The number of rotatable bonds is 3. The summed E-state index contributed by atoms with van der Waals surface area (Å²) in [6.45, 7) is 2.00. The lowest BCUT2D eigenvalue weighted by Gasteiger charge is -2.15. The van der Waals surface area contributed by atoms with Gasteiger partial charge in [0.2, 0.25) is 0 Å². The summed E-state index contributed by atoms with van der Waals surface area (Å²) in [5.74, 6) is 0. The number of aromatic nitrogens is 3. The summed E-state index contributed by atoms with van der Waals surface area (Å²) in [4.78, 5) is 0. The number of nitrogens with zero attached hydrogens (tertiary/aromatic N) is 3. The molecule has 21 heavy (non-hydrogen) atoms. The highest BCUT2D eigenvalue weighted by molar-refractivity contribution is 6.31. The van der Waals surface area contributed by atoms with Gasteiger partial charge in [-0.25, -0.2) is 4.68 Å². The summed E-state index contributed by atoms with van der Waals surface area (Å²) in [5, 5.41) is 8.76. The van der Waals surface area contributed by atoms with Crippen molar-refractivity contribution in [2.24, 2.45) is 5.73 Å². The van der Waals surface area contributed by atoms with Gasteiger partial charge in [-0.2, -0.15) is 0 Å². The molecule has 0 aliphatic heterocycles. The number of benzene rings is 2. The molecule has 0 saturated carbocycles. The zero-order valence-electron chi connectivity index (χ0n) is 11.6. The molecule has 2 N–H and O–H groups in total. The second-order valence-corrected chi connectivity index (χ2v) is 5.32. The van der Waals surface area contributed by atoms with Crippen molar-refractivity contribution >= 4 is 11.6 Å². The molecule has 0 saturated heterocycles. The van der Waals surface area contributed by atoms with E-state index < -0.39 is 0 Å². The summed E-state index contributed by atoms with van der Waals surface area (Å²) >= 11 is 6.31. The molecule has 3 rings (SSSR count). The fourth-order valence-corrected chi connectivity index (χ4v) is 2.62. The molecule has 0 radical (unpaired) electrons. The van der Waals surface area contributed by atoms with E-state index in [2.05, 4.69) is 10.3 Å². The molecule has 1 heterocycles. The van der Waals surface area contributed by atoms with Crippen LogP contribution in [0.4, 0.5) is 0 Å². The lowest BCUT2D eigenvalue weighted by molar-refractivity contribution is 0.720. The van der Waals surface area contributed by atoms with Crippen LogP contribution in [0, 0.1) is 6.92 Å². The highest BCUT2D eigenvalue weighted by Gasteiger charge is 2.18. The molecule has 0 fully saturated rings. The van der Waals surface area contributed by atoms with E-state index in [1.165, 1.54) is 0 Å². The summed E-state index contributed by atoms with van der Waals surface area (Å²) in [5.41, 5.74) is 10.0. The summed E-state index contributed by atoms with van der Waals surface area (Å²) < 4.78 is 1.74. The normalized spacial score (nSPS) is 12.3. The third kappa shape index (κ3) is 2.68. The topological polar surface area (TPSA) is 56.7 Å². The highest BCUT2D eigenvalue weighted by Crippen LogP contribution is 2.27. The van der Waals surface area contributed by atoms with E-state index in [0.29, 0.717) is 5.02 Å². The summed E-state index contributed by atoms with van der Waals surface area (Å²) in [6, 6.07) is 15.3. The second kappa shape index (κ2) is 5.68. The molecule has 0 aliphatic rings. The molecule has 0 bridgehead atoms. The average molecular weight is 299 g/mol. The van der Waals surface area contributed by atoms with Crippen molar-refractivity contribution in [1.29, 1.82) is 0 Å². The first-order valence-corrected chi connectivity index (χ1v) is 7.02. The molecule has 106 valence electrons. The van der Waals surface area contributed by atoms with Crippen molar-refractivity contribution in [3.63, 3.8) is 0 Å². The maximum atomic E-state index is 6.36. The molecular formula is C16H15ClN4. The van der Waals surface area contributed by atoms with Crippen molar-refractivity contribution < 1.29 is 0 Å². The molecule has 1 aromatic heterocycles. The number of aryl methyl sites for hydroxylation is 1. The molecule has 0 aliphatic carbocycles. The number of hydrogen-bond donors (Lipinski definition) is 1. The van der Waals surface area contributed by atoms with Crippen molar-refractivity contribution in [1.82, 2.24) is 15.0 Å². The van der Waals surface area contributed by atoms with Crippen molar-refractivity contribution in [3.05, 3.63) is 76.6 Å². The van der Waals surface area contributed by atoms with Crippen molar-refractivity contribution in [2.45, 2.75) is 13.0 Å². The number of para-hydroxylation sites is 1. The third-order valence-electron chi connectivity index (χ3n) is 3.39. The Labute approximate surface area is 128 Å². The van der Waals surface area contributed by atoms with Crippen molar-refractivity contribution in [2.75, 3.05) is 0 Å². The zero-order valence-corrected chi connectivity index (χ0v) is 12.3. The van der Waals surface area contributed by atoms with E-state index in [-0.39, 0.29) is 6.04 Å². The van der Waals surface area contributed by atoms with E-state index in [4.69, 9.17) is 17.3 Å². The quantitative estimate of drug-likeness (QED) is 0.807. The van der Waals surface area contributed by atoms with Crippen LogP contribution in [-0.4, -0.2) is 15.0 Å². The number of hydrogen-bond acceptors (Lipinski definition) is 3. The second-order valence-electron chi connectivity index (χ2n) is 4.91. The predicted molar refractivity (Wildman–Crippen MR) is 83.6 cm³/mol. The molecule has 1 atom stereocenters. The molecule has 0 amide bonds. The minimum Gasteiger partial charge on any atom is -0.319 e. The maximum absolute atomic E-state index is 6.36. The fourth-order valence-electron chi connectivity index (χ4n) is 2.27. The summed E-state index contributed by atoms with van der Waals surface area (Å²) in [7, 11) is 0. The van der Waals surface area contributed by atoms with Crippen LogP contribution in [0.1, 0.15) is 22.9 Å². The van der Waals surface area contributed by atoms with Crippen LogP contribution in [0.5, 0.6) is 0 Å². The van der Waals surface area contributed by atoms with E-state index in [0.717, 1.165) is 22.5 Å². The fraction of sp³-hybridized carbons (Fsp3) is 0.125. The van der Waals surface area contributed by atoms with Gasteiger partial charge in [0.25, 0.3) is 0 Å². The Morgan fingerprint density at radius 3 is 2.62 bits per heavy atom.